The Hall–Kier alpha value is -2.29. The smallest absolute Gasteiger partial charge is 0.254 e. The van der Waals surface area contributed by atoms with Gasteiger partial charge in [0.1, 0.15) is 5.75 Å². The third kappa shape index (κ3) is 3.45. The summed E-state index contributed by atoms with van der Waals surface area (Å²) < 4.78 is 5.92. The number of carbonyl (C=O) groups excluding carboxylic acids is 1. The Morgan fingerprint density at radius 3 is 2.67 bits per heavy atom. The molecular weight excluding hydrogens is 298 g/mol. The van der Waals surface area contributed by atoms with Crippen molar-refractivity contribution in [3.8, 4) is 5.75 Å². The van der Waals surface area contributed by atoms with Gasteiger partial charge in [0.2, 0.25) is 0 Å². The van der Waals surface area contributed by atoms with Crippen LogP contribution < -0.4 is 4.74 Å². The molecule has 24 heavy (non-hydrogen) atoms. The molecule has 2 aromatic carbocycles. The molecule has 0 bridgehead atoms. The number of hydrogen-bond acceptors (Lipinski definition) is 2. The quantitative estimate of drug-likeness (QED) is 0.824. The fourth-order valence-corrected chi connectivity index (χ4v) is 3.08. The SMILES string of the molecule is Cc1ccccc1CN1CCc2c(OCC(C)C)cccc2C1=O. The van der Waals surface area contributed by atoms with E-state index in [1.807, 2.05) is 35.2 Å². The van der Waals surface area contributed by atoms with E-state index in [1.165, 1.54) is 11.1 Å². The molecule has 0 atom stereocenters. The first kappa shape index (κ1) is 16.6. The van der Waals surface area contributed by atoms with Gasteiger partial charge in [-0.15, -0.1) is 0 Å². The van der Waals surface area contributed by atoms with Crippen LogP contribution in [0.2, 0.25) is 0 Å². The highest BCUT2D eigenvalue weighted by atomic mass is 16.5. The third-order valence-corrected chi connectivity index (χ3v) is 4.48. The van der Waals surface area contributed by atoms with E-state index in [0.29, 0.717) is 19.1 Å². The first-order valence-corrected chi connectivity index (χ1v) is 8.64. The van der Waals surface area contributed by atoms with E-state index in [-0.39, 0.29) is 5.91 Å². The Bertz CT molecular complexity index is 736. The summed E-state index contributed by atoms with van der Waals surface area (Å²) in [6.45, 7) is 8.44. The average molecular weight is 323 g/mol. The highest BCUT2D eigenvalue weighted by Gasteiger charge is 2.26. The summed E-state index contributed by atoms with van der Waals surface area (Å²) in [6.07, 6.45) is 0.848. The van der Waals surface area contributed by atoms with Gasteiger partial charge in [-0.2, -0.15) is 0 Å². The van der Waals surface area contributed by atoms with Crippen LogP contribution in [0.1, 0.15) is 40.9 Å². The van der Waals surface area contributed by atoms with Crippen molar-refractivity contribution >= 4 is 5.91 Å². The van der Waals surface area contributed by atoms with Crippen molar-refractivity contribution in [2.24, 2.45) is 5.92 Å². The topological polar surface area (TPSA) is 29.5 Å². The van der Waals surface area contributed by atoms with Crippen LogP contribution in [0.3, 0.4) is 0 Å². The van der Waals surface area contributed by atoms with Crippen LogP contribution in [-0.2, 0) is 13.0 Å². The number of ether oxygens (including phenoxy) is 1. The number of amides is 1. The van der Waals surface area contributed by atoms with Gasteiger partial charge in [-0.1, -0.05) is 44.2 Å². The molecule has 1 amide bonds. The molecule has 0 N–H and O–H groups in total. The van der Waals surface area contributed by atoms with E-state index in [1.54, 1.807) is 0 Å². The maximum Gasteiger partial charge on any atom is 0.254 e. The second-order valence-electron chi connectivity index (χ2n) is 6.89. The first-order chi connectivity index (χ1) is 11.6. The van der Waals surface area contributed by atoms with E-state index in [4.69, 9.17) is 4.74 Å². The van der Waals surface area contributed by atoms with Crippen LogP contribution >= 0.6 is 0 Å². The maximum absolute atomic E-state index is 12.9. The van der Waals surface area contributed by atoms with Crippen molar-refractivity contribution in [1.29, 1.82) is 0 Å². The standard InChI is InChI=1S/C21H25NO2/c1-15(2)14-24-20-10-6-9-19-18(20)11-12-22(21(19)23)13-17-8-5-4-7-16(17)3/h4-10,15H,11-14H2,1-3H3. The molecule has 3 nitrogen and oxygen atoms in total. The Morgan fingerprint density at radius 1 is 1.12 bits per heavy atom. The van der Waals surface area contributed by atoms with Crippen molar-refractivity contribution in [3.05, 3.63) is 64.7 Å². The van der Waals surface area contributed by atoms with Crippen LogP contribution in [-0.4, -0.2) is 24.0 Å². The number of aryl methyl sites for hydroxylation is 1. The van der Waals surface area contributed by atoms with Gasteiger partial charge in [0.05, 0.1) is 6.61 Å². The number of nitrogens with zero attached hydrogens (tertiary/aromatic N) is 1. The van der Waals surface area contributed by atoms with Crippen molar-refractivity contribution < 1.29 is 9.53 Å². The number of carbonyl (C=O) groups is 1. The molecule has 0 spiro atoms. The summed E-state index contributed by atoms with van der Waals surface area (Å²) >= 11 is 0. The number of benzene rings is 2. The lowest BCUT2D eigenvalue weighted by Gasteiger charge is -2.30. The molecule has 1 heterocycles. The number of hydrogen-bond donors (Lipinski definition) is 0. The largest absolute Gasteiger partial charge is 0.493 e. The molecular formula is C21H25NO2. The summed E-state index contributed by atoms with van der Waals surface area (Å²) in [5, 5.41) is 0. The van der Waals surface area contributed by atoms with E-state index in [9.17, 15) is 4.79 Å². The van der Waals surface area contributed by atoms with Crippen LogP contribution in [0.25, 0.3) is 0 Å². The molecule has 0 unspecified atom stereocenters. The Balaban J connectivity index is 1.81. The van der Waals surface area contributed by atoms with Crippen LogP contribution in [0.15, 0.2) is 42.5 Å². The minimum atomic E-state index is 0.106. The monoisotopic (exact) mass is 323 g/mol. The zero-order valence-electron chi connectivity index (χ0n) is 14.7. The third-order valence-electron chi connectivity index (χ3n) is 4.48. The van der Waals surface area contributed by atoms with E-state index >= 15 is 0 Å². The van der Waals surface area contributed by atoms with Gasteiger partial charge < -0.3 is 9.64 Å². The minimum Gasteiger partial charge on any atom is -0.493 e. The molecule has 0 aromatic heterocycles. The van der Waals surface area contributed by atoms with Gasteiger partial charge in [-0.3, -0.25) is 4.79 Å². The molecule has 0 saturated carbocycles. The fourth-order valence-electron chi connectivity index (χ4n) is 3.08. The molecule has 0 saturated heterocycles. The van der Waals surface area contributed by atoms with Crippen molar-refractivity contribution in [2.45, 2.75) is 33.7 Å². The zero-order chi connectivity index (χ0) is 17.1. The molecule has 0 aliphatic carbocycles. The lowest BCUT2D eigenvalue weighted by Crippen LogP contribution is -2.37. The highest BCUT2D eigenvalue weighted by Crippen LogP contribution is 2.29. The molecule has 2 aromatic rings. The maximum atomic E-state index is 12.9. The second kappa shape index (κ2) is 7.08. The van der Waals surface area contributed by atoms with Crippen molar-refractivity contribution in [1.82, 2.24) is 4.90 Å². The lowest BCUT2D eigenvalue weighted by atomic mass is 9.97. The Labute approximate surface area is 144 Å². The van der Waals surface area contributed by atoms with Crippen LogP contribution in [0.4, 0.5) is 0 Å². The summed E-state index contributed by atoms with van der Waals surface area (Å²) in [5.74, 6) is 1.44. The summed E-state index contributed by atoms with van der Waals surface area (Å²) in [4.78, 5) is 14.8. The van der Waals surface area contributed by atoms with E-state index in [2.05, 4.69) is 32.9 Å². The van der Waals surface area contributed by atoms with Gasteiger partial charge in [-0.05, 0) is 42.5 Å². The molecule has 3 heteroatoms. The van der Waals surface area contributed by atoms with Crippen LogP contribution in [0.5, 0.6) is 5.75 Å². The number of fused-ring (bicyclic) bond motifs is 1. The minimum absolute atomic E-state index is 0.106. The summed E-state index contributed by atoms with van der Waals surface area (Å²) in [7, 11) is 0. The van der Waals surface area contributed by atoms with Gasteiger partial charge in [0.15, 0.2) is 0 Å². The predicted molar refractivity (Wildman–Crippen MR) is 96.4 cm³/mol. The van der Waals surface area contributed by atoms with Gasteiger partial charge >= 0.3 is 0 Å². The molecule has 126 valence electrons. The van der Waals surface area contributed by atoms with Crippen molar-refractivity contribution in [3.63, 3.8) is 0 Å². The molecule has 0 fully saturated rings. The lowest BCUT2D eigenvalue weighted by molar-refractivity contribution is 0.0724. The Kier molecular flexibility index (Phi) is 4.89. The zero-order valence-corrected chi connectivity index (χ0v) is 14.7. The molecule has 1 aliphatic heterocycles. The first-order valence-electron chi connectivity index (χ1n) is 8.64. The number of rotatable bonds is 5. The van der Waals surface area contributed by atoms with Crippen LogP contribution in [0, 0.1) is 12.8 Å². The predicted octanol–water partition coefficient (Wildman–Crippen LogP) is 4.23. The normalized spacial score (nSPS) is 14.0. The molecule has 1 aliphatic rings. The van der Waals surface area contributed by atoms with Gasteiger partial charge in [0.25, 0.3) is 5.91 Å². The summed E-state index contributed by atoms with van der Waals surface area (Å²) in [6, 6.07) is 14.1. The van der Waals surface area contributed by atoms with Gasteiger partial charge in [0, 0.05) is 24.2 Å². The second-order valence-corrected chi connectivity index (χ2v) is 6.89. The van der Waals surface area contributed by atoms with E-state index in [0.717, 1.165) is 29.8 Å². The molecule has 0 radical (unpaired) electrons. The van der Waals surface area contributed by atoms with E-state index < -0.39 is 0 Å². The van der Waals surface area contributed by atoms with Gasteiger partial charge in [-0.25, -0.2) is 0 Å². The highest BCUT2D eigenvalue weighted by molar-refractivity contribution is 5.97. The van der Waals surface area contributed by atoms with Crippen molar-refractivity contribution in [2.75, 3.05) is 13.2 Å². The average Bonchev–Trinajstić information content (AvgIpc) is 2.57. The summed E-state index contributed by atoms with van der Waals surface area (Å²) in [5.41, 5.74) is 4.28. The molecule has 3 rings (SSSR count). The Morgan fingerprint density at radius 2 is 1.92 bits per heavy atom. The fraction of sp³-hybridized carbons (Fsp3) is 0.381.